The van der Waals surface area contributed by atoms with Crippen LogP contribution in [0.15, 0.2) is 58.1 Å². The number of carboxylic acid groups (broad SMARTS) is 1. The van der Waals surface area contributed by atoms with Gasteiger partial charge in [-0.1, -0.05) is 40.2 Å². The van der Waals surface area contributed by atoms with Crippen LogP contribution >= 0.6 is 15.9 Å². The molecule has 0 unspecified atom stereocenters. The van der Waals surface area contributed by atoms with Crippen molar-refractivity contribution in [2.24, 2.45) is 28.8 Å². The minimum absolute atomic E-state index is 0.0417. The molecule has 10 nitrogen and oxygen atoms in total. The van der Waals surface area contributed by atoms with Gasteiger partial charge in [-0.25, -0.2) is 4.79 Å². The lowest BCUT2D eigenvalue weighted by atomic mass is 9.85. The average molecular weight is 540 g/mol. The molecule has 1 N–H and O–H groups in total. The van der Waals surface area contributed by atoms with Crippen LogP contribution in [0.3, 0.4) is 0 Å². The van der Waals surface area contributed by atoms with Gasteiger partial charge in [0.15, 0.2) is 0 Å². The molecule has 1 saturated carbocycles. The highest BCUT2D eigenvalue weighted by Crippen LogP contribution is 2.52. The molecule has 4 atom stereocenters. The van der Waals surface area contributed by atoms with Gasteiger partial charge in [0.1, 0.15) is 6.61 Å². The van der Waals surface area contributed by atoms with Crippen molar-refractivity contribution in [1.29, 1.82) is 0 Å². The van der Waals surface area contributed by atoms with Crippen molar-refractivity contribution in [2.75, 3.05) is 0 Å². The Morgan fingerprint density at radius 2 is 1.80 bits per heavy atom. The number of nitro groups is 1. The molecule has 2 aliphatic carbocycles. The van der Waals surface area contributed by atoms with Gasteiger partial charge in [-0.3, -0.25) is 19.7 Å². The summed E-state index contributed by atoms with van der Waals surface area (Å²) in [6.45, 7) is -0.0794. The second kappa shape index (κ2) is 8.73. The normalized spacial score (nSPS) is 24.4. The molecule has 0 spiro atoms. The molecular weight excluding hydrogens is 522 g/mol. The third-order valence-electron chi connectivity index (χ3n) is 6.60. The van der Waals surface area contributed by atoms with Gasteiger partial charge >= 0.3 is 11.7 Å². The molecule has 2 aromatic carbocycles. The summed E-state index contributed by atoms with van der Waals surface area (Å²) in [5.41, 5.74) is 0.563. The fraction of sp³-hybridized carbons (Fsp3) is 0.250. The number of aromatic carboxylic acids is 1. The van der Waals surface area contributed by atoms with E-state index in [1.165, 1.54) is 30.5 Å². The van der Waals surface area contributed by atoms with Gasteiger partial charge in [-0.15, -0.1) is 0 Å². The van der Waals surface area contributed by atoms with Crippen molar-refractivity contribution >= 4 is 45.6 Å². The minimum atomic E-state index is -1.07. The largest absolute Gasteiger partial charge is 0.481 e. The van der Waals surface area contributed by atoms with Crippen LogP contribution in [0.25, 0.3) is 0 Å². The molecule has 1 heterocycles. The lowest BCUT2D eigenvalue weighted by molar-refractivity contribution is -0.386. The summed E-state index contributed by atoms with van der Waals surface area (Å²) < 4.78 is 6.15. The van der Waals surface area contributed by atoms with E-state index >= 15 is 0 Å². The number of hydrogen-bond acceptors (Lipinski definition) is 7. The summed E-state index contributed by atoms with van der Waals surface area (Å²) in [6.07, 6.45) is 5.98. The zero-order chi connectivity index (χ0) is 24.9. The predicted octanol–water partition coefficient (Wildman–Crippen LogP) is 3.78. The van der Waals surface area contributed by atoms with Crippen LogP contribution in [0.4, 0.5) is 5.69 Å². The highest BCUT2D eigenvalue weighted by Gasteiger charge is 2.59. The molecule has 11 heteroatoms. The summed E-state index contributed by atoms with van der Waals surface area (Å²) in [5, 5.41) is 25.7. The van der Waals surface area contributed by atoms with Crippen LogP contribution in [0.1, 0.15) is 27.9 Å². The molecule has 2 amide bonds. The number of carbonyl (C=O) groups excluding carboxylic acids is 2. The van der Waals surface area contributed by atoms with Crippen LogP contribution in [0.2, 0.25) is 0 Å². The number of nitrogens with zero attached hydrogens (tertiary/aromatic N) is 3. The molecule has 1 aliphatic heterocycles. The van der Waals surface area contributed by atoms with E-state index in [2.05, 4.69) is 21.0 Å². The number of hydrogen-bond donors (Lipinski definition) is 1. The number of allylic oxidation sites excluding steroid dienone is 2. The highest BCUT2D eigenvalue weighted by molar-refractivity contribution is 9.10. The number of nitro benzene ring substituents is 1. The summed E-state index contributed by atoms with van der Waals surface area (Å²) in [5.74, 6) is -2.62. The Bertz CT molecular complexity index is 1290. The van der Waals surface area contributed by atoms with Crippen molar-refractivity contribution in [1.82, 2.24) is 5.01 Å². The van der Waals surface area contributed by atoms with E-state index in [0.29, 0.717) is 10.0 Å². The minimum Gasteiger partial charge on any atom is -0.481 e. The first kappa shape index (κ1) is 22.9. The van der Waals surface area contributed by atoms with Crippen LogP contribution in [-0.2, 0) is 16.2 Å². The maximum atomic E-state index is 12.9. The fourth-order valence-corrected chi connectivity index (χ4v) is 5.47. The Labute approximate surface area is 207 Å². The summed E-state index contributed by atoms with van der Waals surface area (Å²) in [4.78, 5) is 47.9. The molecule has 1 saturated heterocycles. The Morgan fingerprint density at radius 3 is 2.37 bits per heavy atom. The number of hydrazone groups is 1. The van der Waals surface area contributed by atoms with E-state index in [-0.39, 0.29) is 52.8 Å². The number of carbonyl (C=O) groups is 3. The number of fused-ring (bicyclic) bond motifs is 5. The van der Waals surface area contributed by atoms with Gasteiger partial charge in [0.25, 0.3) is 11.8 Å². The Balaban J connectivity index is 1.42. The average Bonchev–Trinajstić information content (AvgIpc) is 3.51. The number of halogens is 1. The molecule has 2 aromatic rings. The topological polar surface area (TPSA) is 139 Å². The summed E-state index contributed by atoms with van der Waals surface area (Å²) in [6, 6.07) is 8.72. The number of amides is 2. The van der Waals surface area contributed by atoms with Gasteiger partial charge in [-0.05, 0) is 42.0 Å². The van der Waals surface area contributed by atoms with Crippen molar-refractivity contribution in [2.45, 2.75) is 13.0 Å². The molecule has 178 valence electrons. The smallest absolute Gasteiger partial charge is 0.335 e. The predicted molar refractivity (Wildman–Crippen MR) is 126 cm³/mol. The number of ether oxygens (including phenoxy) is 1. The van der Waals surface area contributed by atoms with E-state index in [4.69, 9.17) is 9.84 Å². The quantitative estimate of drug-likeness (QED) is 0.185. The molecular formula is C24H18BrN3O7. The molecule has 2 fully saturated rings. The highest BCUT2D eigenvalue weighted by atomic mass is 79.9. The van der Waals surface area contributed by atoms with Crippen molar-refractivity contribution in [3.63, 3.8) is 0 Å². The lowest BCUT2D eigenvalue weighted by Gasteiger charge is -2.13. The zero-order valence-corrected chi connectivity index (χ0v) is 19.6. The van der Waals surface area contributed by atoms with E-state index in [1.54, 1.807) is 12.1 Å². The summed E-state index contributed by atoms with van der Waals surface area (Å²) >= 11 is 3.24. The Morgan fingerprint density at radius 1 is 1.17 bits per heavy atom. The van der Waals surface area contributed by atoms with Crippen LogP contribution < -0.4 is 4.74 Å². The molecule has 35 heavy (non-hydrogen) atoms. The maximum absolute atomic E-state index is 12.9. The third kappa shape index (κ3) is 4.01. The van der Waals surface area contributed by atoms with Crippen molar-refractivity contribution in [3.05, 3.63) is 79.8 Å². The zero-order valence-electron chi connectivity index (χ0n) is 18.0. The van der Waals surface area contributed by atoms with Gasteiger partial charge < -0.3 is 9.84 Å². The number of imide groups is 1. The number of benzene rings is 2. The SMILES string of the molecule is O=C(O)c1ccc(COc2c(C=NN3C(=O)[C@@H]4[C@H](C3=O)[C@H]3C=C[C@H]4C3)cc(Br)cc2[N+](=O)[O-])cc1. The molecule has 0 aromatic heterocycles. The Hall–Kier alpha value is -3.86. The summed E-state index contributed by atoms with van der Waals surface area (Å²) in [7, 11) is 0. The van der Waals surface area contributed by atoms with Crippen LogP contribution in [0.5, 0.6) is 5.75 Å². The Kier molecular flexibility index (Phi) is 5.72. The second-order valence-electron chi connectivity index (χ2n) is 8.62. The van der Waals surface area contributed by atoms with Crippen molar-refractivity contribution in [3.8, 4) is 5.75 Å². The molecule has 5 rings (SSSR count). The first-order valence-electron chi connectivity index (χ1n) is 10.8. The first-order valence-corrected chi connectivity index (χ1v) is 11.6. The monoisotopic (exact) mass is 539 g/mol. The number of rotatable bonds is 7. The van der Waals surface area contributed by atoms with Gasteiger partial charge in [0.2, 0.25) is 5.75 Å². The van der Waals surface area contributed by atoms with Gasteiger partial charge in [-0.2, -0.15) is 10.1 Å². The van der Waals surface area contributed by atoms with Gasteiger partial charge in [0, 0.05) is 16.1 Å². The maximum Gasteiger partial charge on any atom is 0.335 e. The second-order valence-corrected chi connectivity index (χ2v) is 9.54. The molecule has 3 aliphatic rings. The molecule has 0 radical (unpaired) electrons. The van der Waals surface area contributed by atoms with Gasteiger partial charge in [0.05, 0.1) is 28.5 Å². The lowest BCUT2D eigenvalue weighted by Crippen LogP contribution is -2.28. The van der Waals surface area contributed by atoms with E-state index in [9.17, 15) is 24.5 Å². The van der Waals surface area contributed by atoms with Crippen LogP contribution in [0, 0.1) is 33.8 Å². The third-order valence-corrected chi connectivity index (χ3v) is 7.06. The number of carboxylic acids is 1. The van der Waals surface area contributed by atoms with E-state index in [1.807, 2.05) is 12.2 Å². The van der Waals surface area contributed by atoms with E-state index in [0.717, 1.165) is 11.4 Å². The standard InChI is InChI=1S/C24H18BrN3O7/c25-17-8-16(10-26-27-22(29)19-14-5-6-15(7-14)20(19)23(27)30)21(18(9-17)28(33)34)35-11-12-1-3-13(4-2-12)24(31)32/h1-6,8-10,14-15,19-20H,7,11H2,(H,31,32)/t14-,15-,19-,20+/m0/s1. The van der Waals surface area contributed by atoms with Crippen LogP contribution in [-0.4, -0.2) is 39.0 Å². The van der Waals surface area contributed by atoms with Crippen molar-refractivity contribution < 1.29 is 29.2 Å². The molecule has 2 bridgehead atoms. The fourth-order valence-electron chi connectivity index (χ4n) is 5.01. The first-order chi connectivity index (χ1) is 16.7. The van der Waals surface area contributed by atoms with E-state index < -0.39 is 22.7 Å².